The van der Waals surface area contributed by atoms with Crippen molar-refractivity contribution in [3.05, 3.63) is 0 Å². The second-order valence-electron chi connectivity index (χ2n) is 4.23. The van der Waals surface area contributed by atoms with Gasteiger partial charge >= 0.3 is 0 Å². The van der Waals surface area contributed by atoms with Crippen LogP contribution in [0.1, 0.15) is 59.3 Å². The first-order valence-corrected chi connectivity index (χ1v) is 7.57. The van der Waals surface area contributed by atoms with Gasteiger partial charge in [0.05, 0.1) is 6.61 Å². The van der Waals surface area contributed by atoms with Crippen LogP contribution in [0.3, 0.4) is 0 Å². The summed E-state index contributed by atoms with van der Waals surface area (Å²) in [5.41, 5.74) is -0.405. The van der Waals surface area contributed by atoms with E-state index in [0.717, 1.165) is 12.8 Å². The third kappa shape index (κ3) is 8.01. The third-order valence-electron chi connectivity index (χ3n) is 2.40. The van der Waals surface area contributed by atoms with Crippen molar-refractivity contribution in [3.8, 4) is 0 Å². The molecular weight excluding hydrogens is 211 g/mol. The van der Waals surface area contributed by atoms with E-state index in [1.165, 1.54) is 25.7 Å². The Hall–Kier alpha value is 0.150. The van der Waals surface area contributed by atoms with Crippen molar-refractivity contribution in [1.82, 2.24) is 0 Å². The Labute approximate surface area is 93.8 Å². The molecule has 0 radical (unpaired) electrons. The number of hydrogen-bond donors (Lipinski definition) is 0. The Morgan fingerprint density at radius 2 is 1.67 bits per heavy atom. The molecule has 0 saturated carbocycles. The van der Waals surface area contributed by atoms with E-state index in [9.17, 15) is 9.46 Å². The highest BCUT2D eigenvalue weighted by Gasteiger charge is 2.12. The normalized spacial score (nSPS) is 15.5. The third-order valence-corrected chi connectivity index (χ3v) is 4.21. The fourth-order valence-corrected chi connectivity index (χ4v) is 1.90. The van der Waals surface area contributed by atoms with E-state index in [4.69, 9.17) is 4.52 Å². The molecule has 0 aliphatic rings. The molecule has 0 aliphatic heterocycles. The predicted octanol–water partition coefficient (Wildman–Crippen LogP) is 3.33. The summed E-state index contributed by atoms with van der Waals surface area (Å²) >= 11 is 0. The van der Waals surface area contributed by atoms with Crippen molar-refractivity contribution in [1.29, 1.82) is 0 Å². The molecule has 0 aromatic rings. The van der Waals surface area contributed by atoms with Gasteiger partial charge in [0.25, 0.3) is 0 Å². The summed E-state index contributed by atoms with van der Waals surface area (Å²) in [6.45, 7) is 5.83. The lowest BCUT2D eigenvalue weighted by atomic mass is 10.1. The van der Waals surface area contributed by atoms with Crippen molar-refractivity contribution in [2.75, 3.05) is 6.61 Å². The van der Waals surface area contributed by atoms with Crippen LogP contribution in [0, 0.1) is 0 Å². The molecule has 4 heteroatoms. The first kappa shape index (κ1) is 15.2. The Kier molecular flexibility index (Phi) is 8.40. The summed E-state index contributed by atoms with van der Waals surface area (Å²) in [7, 11) is -3.58. The van der Waals surface area contributed by atoms with Gasteiger partial charge in [0.1, 0.15) is 7.60 Å². The zero-order valence-corrected chi connectivity index (χ0v) is 11.1. The molecule has 3 nitrogen and oxygen atoms in total. The van der Waals surface area contributed by atoms with Crippen molar-refractivity contribution in [2.45, 2.75) is 65.0 Å². The Bertz CT molecular complexity index is 192. The van der Waals surface area contributed by atoms with Crippen LogP contribution in [0.15, 0.2) is 0 Å². The summed E-state index contributed by atoms with van der Waals surface area (Å²) in [6, 6.07) is 0. The molecule has 0 rings (SSSR count). The van der Waals surface area contributed by atoms with Crippen LogP contribution in [-0.2, 0) is 9.09 Å². The van der Waals surface area contributed by atoms with Gasteiger partial charge in [0.2, 0.25) is 0 Å². The van der Waals surface area contributed by atoms with Crippen LogP contribution < -0.4 is 4.89 Å². The average molecular weight is 235 g/mol. The van der Waals surface area contributed by atoms with Crippen LogP contribution in [0.25, 0.3) is 0 Å². The molecule has 1 unspecified atom stereocenters. The van der Waals surface area contributed by atoms with Gasteiger partial charge in [-0.05, 0) is 6.42 Å². The van der Waals surface area contributed by atoms with E-state index in [-0.39, 0.29) is 0 Å². The number of hydrogen-bond acceptors (Lipinski definition) is 3. The van der Waals surface area contributed by atoms with Gasteiger partial charge in [0, 0.05) is 5.66 Å². The van der Waals surface area contributed by atoms with Crippen molar-refractivity contribution in [2.24, 2.45) is 0 Å². The van der Waals surface area contributed by atoms with Gasteiger partial charge in [-0.2, -0.15) is 0 Å². The molecule has 0 aromatic heterocycles. The highest BCUT2D eigenvalue weighted by atomic mass is 31.2. The van der Waals surface area contributed by atoms with Crippen LogP contribution in [-0.4, -0.2) is 12.3 Å². The van der Waals surface area contributed by atoms with Gasteiger partial charge < -0.3 is 14.0 Å². The lowest BCUT2D eigenvalue weighted by molar-refractivity contribution is -0.200. The fourth-order valence-electron chi connectivity index (χ4n) is 1.22. The summed E-state index contributed by atoms with van der Waals surface area (Å²) in [4.78, 5) is 11.3. The molecule has 0 heterocycles. The molecule has 15 heavy (non-hydrogen) atoms. The minimum Gasteiger partial charge on any atom is -0.778 e. The van der Waals surface area contributed by atoms with Crippen LogP contribution in [0.5, 0.6) is 0 Å². The maximum absolute atomic E-state index is 11.3. The molecule has 1 atom stereocenters. The molecular formula is C11H24O3P-. The summed E-state index contributed by atoms with van der Waals surface area (Å²) in [5.74, 6) is 0. The maximum atomic E-state index is 11.3. The Balaban J connectivity index is 3.35. The molecule has 0 N–H and O–H groups in total. The SMILES string of the molecule is CCCCCCCCOP(=O)([O-])C(C)C. The van der Waals surface area contributed by atoms with Crippen molar-refractivity contribution < 1.29 is 14.0 Å². The quantitative estimate of drug-likeness (QED) is 0.455. The average Bonchev–Trinajstić information content (AvgIpc) is 2.16. The maximum Gasteiger partial charge on any atom is 0.137 e. The second kappa shape index (κ2) is 8.32. The molecule has 0 aliphatic carbocycles. The molecule has 0 amide bonds. The first-order valence-electron chi connectivity index (χ1n) is 5.96. The van der Waals surface area contributed by atoms with Gasteiger partial charge in [0.15, 0.2) is 0 Å². The first-order chi connectivity index (χ1) is 7.00. The zero-order chi connectivity index (χ0) is 11.7. The van der Waals surface area contributed by atoms with Crippen LogP contribution in [0.4, 0.5) is 0 Å². The minimum atomic E-state index is -3.58. The highest BCUT2D eigenvalue weighted by molar-refractivity contribution is 7.52. The minimum absolute atomic E-state index is 0.352. The smallest absolute Gasteiger partial charge is 0.137 e. The lowest BCUT2D eigenvalue weighted by Gasteiger charge is -2.26. The molecule has 0 spiro atoms. The molecule has 0 bridgehead atoms. The standard InChI is InChI=1S/C11H25O3P/c1-4-5-6-7-8-9-10-14-15(12,13)11(2)3/h11H,4-10H2,1-3H3,(H,12,13)/p-1. The zero-order valence-electron chi connectivity index (χ0n) is 10.2. The van der Waals surface area contributed by atoms with Crippen LogP contribution in [0.2, 0.25) is 0 Å². The fraction of sp³-hybridized carbons (Fsp3) is 1.00. The van der Waals surface area contributed by atoms with Gasteiger partial charge in [-0.1, -0.05) is 52.9 Å². The highest BCUT2D eigenvalue weighted by Crippen LogP contribution is 2.42. The topological polar surface area (TPSA) is 49.4 Å². The monoisotopic (exact) mass is 235 g/mol. The van der Waals surface area contributed by atoms with Crippen LogP contribution >= 0.6 is 7.60 Å². The lowest BCUT2D eigenvalue weighted by Crippen LogP contribution is -2.14. The van der Waals surface area contributed by atoms with E-state index in [0.29, 0.717) is 6.61 Å². The van der Waals surface area contributed by atoms with E-state index in [2.05, 4.69) is 6.92 Å². The Morgan fingerprint density at radius 1 is 1.13 bits per heavy atom. The summed E-state index contributed by atoms with van der Waals surface area (Å²) in [5, 5.41) is 0. The number of unbranched alkanes of at least 4 members (excludes halogenated alkanes) is 5. The molecule has 0 saturated heterocycles. The van der Waals surface area contributed by atoms with Gasteiger partial charge in [-0.3, -0.25) is 0 Å². The van der Waals surface area contributed by atoms with Gasteiger partial charge in [-0.15, -0.1) is 0 Å². The number of rotatable bonds is 9. The molecule has 0 fully saturated rings. The second-order valence-corrected chi connectivity index (χ2v) is 6.61. The van der Waals surface area contributed by atoms with Gasteiger partial charge in [-0.25, -0.2) is 0 Å². The largest absolute Gasteiger partial charge is 0.778 e. The molecule has 0 aromatic carbocycles. The molecule has 92 valence electrons. The van der Waals surface area contributed by atoms with E-state index < -0.39 is 13.3 Å². The van der Waals surface area contributed by atoms with Crippen molar-refractivity contribution in [3.63, 3.8) is 0 Å². The predicted molar refractivity (Wildman–Crippen MR) is 62.1 cm³/mol. The van der Waals surface area contributed by atoms with E-state index >= 15 is 0 Å². The summed E-state index contributed by atoms with van der Waals surface area (Å²) < 4.78 is 16.2. The van der Waals surface area contributed by atoms with E-state index in [1.54, 1.807) is 13.8 Å². The Morgan fingerprint density at radius 3 is 2.20 bits per heavy atom. The van der Waals surface area contributed by atoms with Crippen molar-refractivity contribution >= 4 is 7.60 Å². The summed E-state index contributed by atoms with van der Waals surface area (Å²) in [6.07, 6.45) is 6.85. The van der Waals surface area contributed by atoms with E-state index in [1.807, 2.05) is 0 Å².